The molecule has 2 N–H and O–H groups in total. The maximum absolute atomic E-state index is 13.5. The number of allylic oxidation sites excluding steroid dienone is 13. The van der Waals surface area contributed by atoms with Crippen LogP contribution >= 0.6 is 7.82 Å². The molecule has 0 rings (SSSR count). The van der Waals surface area contributed by atoms with Crippen LogP contribution in [0.1, 0.15) is 252 Å². The molecule has 0 aromatic heterocycles. The highest BCUT2D eigenvalue weighted by atomic mass is 31.2. The fourth-order valence-corrected chi connectivity index (χ4v) is 8.98. The number of carbonyl (C=O) groups is 2. The van der Waals surface area contributed by atoms with Gasteiger partial charge < -0.3 is 19.4 Å². The van der Waals surface area contributed by atoms with E-state index in [1.807, 2.05) is 33.3 Å². The lowest BCUT2D eigenvalue weighted by Crippen LogP contribution is -2.47. The van der Waals surface area contributed by atoms with Crippen LogP contribution in [0.2, 0.25) is 0 Å². The lowest BCUT2D eigenvalue weighted by molar-refractivity contribution is -0.870. The van der Waals surface area contributed by atoms with Crippen molar-refractivity contribution < 1.29 is 37.3 Å². The monoisotopic (exact) mass is 1040 g/mol. The van der Waals surface area contributed by atoms with Gasteiger partial charge in [0.25, 0.3) is 0 Å². The molecule has 0 bridgehead atoms. The van der Waals surface area contributed by atoms with Gasteiger partial charge in [0.15, 0.2) is 0 Å². The van der Waals surface area contributed by atoms with Gasteiger partial charge in [-0.25, -0.2) is 4.57 Å². The predicted molar refractivity (Wildman–Crippen MR) is 314 cm³/mol. The van der Waals surface area contributed by atoms with Crippen molar-refractivity contribution in [2.45, 2.75) is 264 Å². The summed E-state index contributed by atoms with van der Waals surface area (Å²) in [6.45, 7) is 6.83. The average Bonchev–Trinajstić information content (AvgIpc) is 3.35. The molecule has 0 aliphatic carbocycles. The number of carbonyl (C=O) groups excluding carboxylic acids is 2. The first-order valence-corrected chi connectivity index (χ1v) is 31.4. The Morgan fingerprint density at radius 3 is 1.45 bits per heavy atom. The number of amides is 1. The van der Waals surface area contributed by atoms with Crippen LogP contribution in [-0.2, 0) is 27.9 Å². The first-order valence-electron chi connectivity index (χ1n) is 29.9. The van der Waals surface area contributed by atoms with Gasteiger partial charge in [-0.1, -0.05) is 235 Å². The van der Waals surface area contributed by atoms with Crippen LogP contribution in [0.5, 0.6) is 0 Å². The molecule has 0 radical (unpaired) electrons. The van der Waals surface area contributed by atoms with Gasteiger partial charge in [-0.3, -0.25) is 18.6 Å². The zero-order valence-corrected chi connectivity index (χ0v) is 49.0. The molecule has 0 aliphatic heterocycles. The van der Waals surface area contributed by atoms with E-state index in [2.05, 4.69) is 99.0 Å². The highest BCUT2D eigenvalue weighted by Gasteiger charge is 2.30. The second-order valence-electron chi connectivity index (χ2n) is 21.2. The number of rotatable bonds is 53. The Kier molecular flexibility index (Phi) is 50.6. The Hall–Kier alpha value is -2.81. The summed E-state index contributed by atoms with van der Waals surface area (Å²) in [6, 6.07) is -0.864. The van der Waals surface area contributed by atoms with E-state index in [0.717, 1.165) is 103 Å². The molecule has 0 aromatic carbocycles. The largest absolute Gasteiger partial charge is 0.472 e. The molecule has 3 atom stereocenters. The van der Waals surface area contributed by atoms with Crippen LogP contribution in [-0.4, -0.2) is 74.3 Å². The summed E-state index contributed by atoms with van der Waals surface area (Å²) in [6.07, 6.45) is 68.6. The van der Waals surface area contributed by atoms with E-state index in [0.29, 0.717) is 23.9 Å². The van der Waals surface area contributed by atoms with Gasteiger partial charge >= 0.3 is 13.8 Å². The summed E-state index contributed by atoms with van der Waals surface area (Å²) in [7, 11) is 1.47. The highest BCUT2D eigenvalue weighted by Crippen LogP contribution is 2.43. The Morgan fingerprint density at radius 1 is 0.507 bits per heavy atom. The summed E-state index contributed by atoms with van der Waals surface area (Å²) >= 11 is 0. The molecule has 73 heavy (non-hydrogen) atoms. The maximum Gasteiger partial charge on any atom is 0.472 e. The third-order valence-corrected chi connectivity index (χ3v) is 13.9. The molecule has 0 heterocycles. The minimum Gasteiger partial charge on any atom is -0.456 e. The zero-order chi connectivity index (χ0) is 53.6. The summed E-state index contributed by atoms with van der Waals surface area (Å²) in [5.74, 6) is -0.539. The molecule has 0 aromatic rings. The SMILES string of the molecule is CC/C=C/C=C/C=C\CCCCCCCC(=O)OC(/C=C\CCCCCCCCCCCCC)C(COP(=O)(O)OCC[N+](C)(C)C)NC(=O)CCCCCCCCCC/C=C\C/C=C\C/C=C\CCCCC. The van der Waals surface area contributed by atoms with Crippen molar-refractivity contribution in [2.75, 3.05) is 40.9 Å². The normalized spacial score (nSPS) is 14.3. The Labute approximate surface area is 450 Å². The predicted octanol–water partition coefficient (Wildman–Crippen LogP) is 18.2. The number of quaternary nitrogens is 1. The van der Waals surface area contributed by atoms with E-state index in [-0.39, 0.29) is 31.5 Å². The van der Waals surface area contributed by atoms with Gasteiger partial charge in [0.05, 0.1) is 33.8 Å². The van der Waals surface area contributed by atoms with Crippen LogP contribution < -0.4 is 5.32 Å². The Morgan fingerprint density at radius 2 is 0.932 bits per heavy atom. The number of hydrogen-bond acceptors (Lipinski definition) is 6. The van der Waals surface area contributed by atoms with E-state index in [1.165, 1.54) is 109 Å². The molecule has 9 nitrogen and oxygen atoms in total. The van der Waals surface area contributed by atoms with Gasteiger partial charge in [-0.2, -0.15) is 0 Å². The number of phosphoric acid groups is 1. The highest BCUT2D eigenvalue weighted by molar-refractivity contribution is 7.47. The first kappa shape index (κ1) is 70.2. The van der Waals surface area contributed by atoms with Crippen LogP contribution in [0.25, 0.3) is 0 Å². The Balaban J connectivity index is 5.31. The number of ether oxygens (including phenoxy) is 1. The quantitative estimate of drug-likeness (QED) is 0.0156. The molecular formula is C63H114N2O7P+. The van der Waals surface area contributed by atoms with E-state index in [9.17, 15) is 19.0 Å². The van der Waals surface area contributed by atoms with E-state index in [1.54, 1.807) is 0 Å². The number of hydrogen-bond donors (Lipinski definition) is 2. The van der Waals surface area contributed by atoms with Crippen molar-refractivity contribution in [3.8, 4) is 0 Å². The lowest BCUT2D eigenvalue weighted by Gasteiger charge is -2.27. The molecule has 1 amide bonds. The third kappa shape index (κ3) is 53.8. The van der Waals surface area contributed by atoms with Crippen molar-refractivity contribution in [1.29, 1.82) is 0 Å². The summed E-state index contributed by atoms with van der Waals surface area (Å²) in [5.41, 5.74) is 0. The molecular weight excluding hydrogens is 928 g/mol. The van der Waals surface area contributed by atoms with E-state index >= 15 is 0 Å². The molecule has 0 spiro atoms. The number of esters is 1. The second-order valence-corrected chi connectivity index (χ2v) is 22.7. The van der Waals surface area contributed by atoms with Crippen LogP contribution in [0.15, 0.2) is 85.1 Å². The fraction of sp³-hybridized carbons (Fsp3) is 0.746. The number of nitrogens with one attached hydrogen (secondary N) is 1. The van der Waals surface area contributed by atoms with Crippen LogP contribution in [0, 0.1) is 0 Å². The number of unbranched alkanes of at least 4 members (excludes halogenated alkanes) is 27. The molecule has 0 saturated carbocycles. The van der Waals surface area contributed by atoms with Gasteiger partial charge in [-0.05, 0) is 89.5 Å². The van der Waals surface area contributed by atoms with Gasteiger partial charge in [0.2, 0.25) is 5.91 Å². The first-order chi connectivity index (χ1) is 35.4. The zero-order valence-electron chi connectivity index (χ0n) is 48.1. The van der Waals surface area contributed by atoms with Crippen LogP contribution in [0.4, 0.5) is 0 Å². The van der Waals surface area contributed by atoms with Crippen LogP contribution in [0.3, 0.4) is 0 Å². The van der Waals surface area contributed by atoms with Crippen molar-refractivity contribution >= 4 is 19.7 Å². The van der Waals surface area contributed by atoms with Crippen molar-refractivity contribution in [2.24, 2.45) is 0 Å². The second kappa shape index (κ2) is 52.6. The molecule has 0 fully saturated rings. The summed E-state index contributed by atoms with van der Waals surface area (Å²) in [5, 5.41) is 3.04. The lowest BCUT2D eigenvalue weighted by atomic mass is 10.0. The molecule has 0 aliphatic rings. The molecule has 422 valence electrons. The topological polar surface area (TPSA) is 111 Å². The van der Waals surface area contributed by atoms with Gasteiger partial charge in [0, 0.05) is 12.8 Å². The Bertz CT molecular complexity index is 1530. The fourth-order valence-electron chi connectivity index (χ4n) is 8.24. The van der Waals surface area contributed by atoms with E-state index in [4.69, 9.17) is 13.8 Å². The van der Waals surface area contributed by atoms with E-state index < -0.39 is 20.0 Å². The molecule has 10 heteroatoms. The summed E-state index contributed by atoms with van der Waals surface area (Å²) in [4.78, 5) is 37.6. The average molecular weight is 1040 g/mol. The minimum absolute atomic E-state index is 0.0316. The standard InChI is InChI=1S/C63H113N2O7P/c1-7-10-13-16-19-22-25-28-29-30-31-32-33-34-35-38-40-43-46-49-52-55-62(66)64-60(59-71-73(68,69)70-58-57-65(4,5)6)61(54-51-48-45-42-39-36-26-23-20-17-14-11-8-2)72-63(67)56-53-50-47-44-41-37-27-24-21-18-15-12-9-3/h12,15,18-19,21-22,24,27-29,31-32,51,54,60-61H,7-11,13-14,16-17,20,23,25-26,30,33-50,52-53,55-59H2,1-6H3,(H-,64,66,68,69)/p+1/b15-12+,21-18+,22-19-,27-24-,29-28-,32-31-,54-51-. The van der Waals surface area contributed by atoms with Gasteiger partial charge in [0.1, 0.15) is 19.3 Å². The maximum atomic E-state index is 13.5. The van der Waals surface area contributed by atoms with Crippen molar-refractivity contribution in [3.05, 3.63) is 85.1 Å². The van der Waals surface area contributed by atoms with Crippen molar-refractivity contribution in [1.82, 2.24) is 5.32 Å². The molecule has 3 unspecified atom stereocenters. The van der Waals surface area contributed by atoms with Crippen molar-refractivity contribution in [3.63, 3.8) is 0 Å². The smallest absolute Gasteiger partial charge is 0.456 e. The number of likely N-dealkylation sites (N-methyl/N-ethyl adjacent to an activating group) is 1. The number of nitrogens with zero attached hydrogens (tertiary/aromatic N) is 1. The molecule has 0 saturated heterocycles. The number of phosphoric ester groups is 1. The third-order valence-electron chi connectivity index (χ3n) is 12.9. The minimum atomic E-state index is -4.46. The van der Waals surface area contributed by atoms with Gasteiger partial charge in [-0.15, -0.1) is 0 Å². The summed E-state index contributed by atoms with van der Waals surface area (Å²) < 4.78 is 30.6.